The number of carbonyl (C=O) groups is 1. The molecule has 1 aliphatic carbocycles. The van der Waals surface area contributed by atoms with E-state index in [0.29, 0.717) is 16.0 Å². The molecule has 0 saturated carbocycles. The highest BCUT2D eigenvalue weighted by Gasteiger charge is 2.27. The Hall–Kier alpha value is -2.32. The Bertz CT molecular complexity index is 1130. The molecule has 0 spiro atoms. The Morgan fingerprint density at radius 3 is 2.70 bits per heavy atom. The zero-order valence-corrected chi connectivity index (χ0v) is 17.7. The first-order chi connectivity index (χ1) is 14.6. The van der Waals surface area contributed by atoms with Crippen molar-refractivity contribution in [1.82, 2.24) is 9.78 Å². The van der Waals surface area contributed by atoms with Crippen LogP contribution in [0.5, 0.6) is 0 Å². The van der Waals surface area contributed by atoms with Crippen LogP contribution in [0.25, 0.3) is 5.69 Å². The molecule has 1 N–H and O–H groups in total. The van der Waals surface area contributed by atoms with Gasteiger partial charge >= 0.3 is 0 Å². The molecule has 1 aromatic heterocycles. The highest BCUT2D eigenvalue weighted by molar-refractivity contribution is 8.19. The second kappa shape index (κ2) is 8.07. The zero-order valence-electron chi connectivity index (χ0n) is 16.0. The summed E-state index contributed by atoms with van der Waals surface area (Å²) < 4.78 is 29.0. The van der Waals surface area contributed by atoms with Gasteiger partial charge in [-0.15, -0.1) is 23.5 Å². The van der Waals surface area contributed by atoms with Gasteiger partial charge < -0.3 is 5.32 Å². The van der Waals surface area contributed by atoms with Crippen molar-refractivity contribution in [2.45, 2.75) is 23.8 Å². The van der Waals surface area contributed by atoms with Gasteiger partial charge in [0.15, 0.2) is 17.3 Å². The molecule has 154 valence electrons. The second-order valence-corrected chi connectivity index (χ2v) is 10.0. The van der Waals surface area contributed by atoms with E-state index >= 15 is 0 Å². The van der Waals surface area contributed by atoms with Crippen molar-refractivity contribution in [3.05, 3.63) is 76.6 Å². The van der Waals surface area contributed by atoms with Crippen LogP contribution >= 0.6 is 23.5 Å². The molecule has 8 heteroatoms. The molecule has 0 radical (unpaired) electrons. The van der Waals surface area contributed by atoms with Crippen molar-refractivity contribution in [1.29, 1.82) is 0 Å². The lowest BCUT2D eigenvalue weighted by Gasteiger charge is -2.11. The number of rotatable bonds is 4. The van der Waals surface area contributed by atoms with Crippen molar-refractivity contribution in [2.75, 3.05) is 16.8 Å². The molecule has 2 aliphatic rings. The first-order valence-corrected chi connectivity index (χ1v) is 11.9. The molecule has 3 aromatic rings. The molecule has 0 atom stereocenters. The fourth-order valence-electron chi connectivity index (χ4n) is 3.95. The number of nitrogens with zero attached hydrogens (tertiary/aromatic N) is 2. The van der Waals surface area contributed by atoms with Gasteiger partial charge in [-0.2, -0.15) is 5.10 Å². The molecule has 2 aromatic carbocycles. The quantitative estimate of drug-likeness (QED) is 0.589. The largest absolute Gasteiger partial charge is 0.321 e. The minimum absolute atomic E-state index is 0.279. The molecule has 1 saturated heterocycles. The highest BCUT2D eigenvalue weighted by atomic mass is 32.2. The summed E-state index contributed by atoms with van der Waals surface area (Å²) >= 11 is 3.83. The molecule has 4 nitrogen and oxygen atoms in total. The van der Waals surface area contributed by atoms with E-state index in [4.69, 9.17) is 0 Å². The number of thioether (sulfide) groups is 2. The van der Waals surface area contributed by atoms with Crippen LogP contribution in [0.1, 0.15) is 38.3 Å². The van der Waals surface area contributed by atoms with Crippen molar-refractivity contribution in [3.63, 3.8) is 0 Å². The predicted octanol–water partition coefficient (Wildman–Crippen LogP) is 5.37. The van der Waals surface area contributed by atoms with Gasteiger partial charge in [0, 0.05) is 34.5 Å². The van der Waals surface area contributed by atoms with Crippen LogP contribution in [0.2, 0.25) is 0 Å². The number of benzene rings is 2. The molecule has 0 unspecified atom stereocenters. The Labute approximate surface area is 181 Å². The number of carbonyl (C=O) groups excluding carboxylic acids is 1. The third kappa shape index (κ3) is 3.63. The van der Waals surface area contributed by atoms with Gasteiger partial charge in [-0.25, -0.2) is 13.5 Å². The lowest BCUT2D eigenvalue weighted by Crippen LogP contribution is -2.15. The number of fused-ring (bicyclic) bond motifs is 1. The van der Waals surface area contributed by atoms with Gasteiger partial charge in [0.2, 0.25) is 0 Å². The molecule has 5 rings (SSSR count). The lowest BCUT2D eigenvalue weighted by molar-refractivity contribution is 0.102. The normalized spacial score (nSPS) is 16.1. The van der Waals surface area contributed by atoms with Gasteiger partial charge in [-0.1, -0.05) is 12.1 Å². The van der Waals surface area contributed by atoms with Crippen LogP contribution in [0, 0.1) is 11.6 Å². The van der Waals surface area contributed by atoms with E-state index in [1.54, 1.807) is 4.68 Å². The minimum atomic E-state index is -0.930. The number of anilines is 1. The summed E-state index contributed by atoms with van der Waals surface area (Å²) in [6, 6.07) is 11.6. The van der Waals surface area contributed by atoms with Gasteiger partial charge in [-0.05, 0) is 49.1 Å². The standard InChI is InChI=1S/C22H19F2N3OS2/c23-17-8-7-15(12-18(17)24)27-19-6-2-5-16(19)20(26-27)21(28)25-14-4-1-3-13(11-14)22-29-9-10-30-22/h1,3-4,7-8,11-12,22H,2,5-6,9-10H2,(H,25,28). The molecule has 30 heavy (non-hydrogen) atoms. The molecule has 0 bridgehead atoms. The summed E-state index contributed by atoms with van der Waals surface area (Å²) in [7, 11) is 0. The molecular formula is C22H19F2N3OS2. The number of hydrogen-bond donors (Lipinski definition) is 1. The Kier molecular flexibility index (Phi) is 5.28. The Balaban J connectivity index is 1.44. The van der Waals surface area contributed by atoms with E-state index in [-0.39, 0.29) is 5.91 Å². The third-order valence-corrected chi connectivity index (χ3v) is 8.44. The maximum absolute atomic E-state index is 13.7. The van der Waals surface area contributed by atoms with E-state index < -0.39 is 11.6 Å². The van der Waals surface area contributed by atoms with Crippen molar-refractivity contribution >= 4 is 35.1 Å². The van der Waals surface area contributed by atoms with Crippen LogP contribution < -0.4 is 5.32 Å². The average molecular weight is 444 g/mol. The van der Waals surface area contributed by atoms with E-state index in [0.717, 1.165) is 59.8 Å². The number of nitrogens with one attached hydrogen (secondary N) is 1. The van der Waals surface area contributed by atoms with Gasteiger partial charge in [0.05, 0.1) is 10.3 Å². The van der Waals surface area contributed by atoms with Gasteiger partial charge in [-0.3, -0.25) is 4.79 Å². The van der Waals surface area contributed by atoms with E-state index in [1.165, 1.54) is 11.6 Å². The van der Waals surface area contributed by atoms with Crippen molar-refractivity contribution < 1.29 is 13.6 Å². The maximum atomic E-state index is 13.7. The molecule has 2 heterocycles. The van der Waals surface area contributed by atoms with Crippen LogP contribution in [0.4, 0.5) is 14.5 Å². The molecule has 1 amide bonds. The maximum Gasteiger partial charge on any atom is 0.276 e. The second-order valence-electron chi connectivity index (χ2n) is 7.29. The molecular weight excluding hydrogens is 424 g/mol. The SMILES string of the molecule is O=C(Nc1cccc(C2SCCS2)c1)c1nn(-c2ccc(F)c(F)c2)c2c1CCC2. The topological polar surface area (TPSA) is 46.9 Å². The van der Waals surface area contributed by atoms with Crippen LogP contribution in [0.3, 0.4) is 0 Å². The Morgan fingerprint density at radius 1 is 1.07 bits per heavy atom. The summed E-state index contributed by atoms with van der Waals surface area (Å²) in [5.41, 5.74) is 4.47. The molecule has 1 fully saturated rings. The third-order valence-electron chi connectivity index (χ3n) is 5.33. The number of amides is 1. The number of aromatic nitrogens is 2. The van der Waals surface area contributed by atoms with E-state index in [2.05, 4.69) is 16.5 Å². The van der Waals surface area contributed by atoms with Crippen molar-refractivity contribution in [2.24, 2.45) is 0 Å². The summed E-state index contributed by atoms with van der Waals surface area (Å²) in [6.45, 7) is 0. The fraction of sp³-hybridized carbons (Fsp3) is 0.273. The first kappa shape index (κ1) is 19.6. The average Bonchev–Trinajstić information content (AvgIpc) is 3.48. The summed E-state index contributed by atoms with van der Waals surface area (Å²) in [4.78, 5) is 13.0. The van der Waals surface area contributed by atoms with E-state index in [1.807, 2.05) is 41.7 Å². The van der Waals surface area contributed by atoms with Gasteiger partial charge in [0.1, 0.15) is 0 Å². The fourth-order valence-corrected chi connectivity index (χ4v) is 6.79. The predicted molar refractivity (Wildman–Crippen MR) is 118 cm³/mol. The Morgan fingerprint density at radius 2 is 1.90 bits per heavy atom. The summed E-state index contributed by atoms with van der Waals surface area (Å²) in [5.74, 6) is 0.163. The number of hydrogen-bond acceptors (Lipinski definition) is 4. The van der Waals surface area contributed by atoms with Crippen LogP contribution in [0.15, 0.2) is 42.5 Å². The lowest BCUT2D eigenvalue weighted by atomic mass is 10.1. The highest BCUT2D eigenvalue weighted by Crippen LogP contribution is 2.45. The van der Waals surface area contributed by atoms with E-state index in [9.17, 15) is 13.6 Å². The minimum Gasteiger partial charge on any atom is -0.321 e. The van der Waals surface area contributed by atoms with Crippen LogP contribution in [-0.4, -0.2) is 27.2 Å². The van der Waals surface area contributed by atoms with Crippen LogP contribution in [-0.2, 0) is 12.8 Å². The van der Waals surface area contributed by atoms with Crippen molar-refractivity contribution in [3.8, 4) is 5.69 Å². The smallest absolute Gasteiger partial charge is 0.276 e. The summed E-state index contributed by atoms with van der Waals surface area (Å²) in [5, 5.41) is 7.45. The monoisotopic (exact) mass is 443 g/mol. The first-order valence-electron chi connectivity index (χ1n) is 9.81. The molecule has 1 aliphatic heterocycles. The van der Waals surface area contributed by atoms with Gasteiger partial charge in [0.25, 0.3) is 5.91 Å². The zero-order chi connectivity index (χ0) is 20.7. The summed E-state index contributed by atoms with van der Waals surface area (Å²) in [6.07, 6.45) is 2.40. The number of halogens is 2.